The molecule has 5 rings (SSSR count). The van der Waals surface area contributed by atoms with Crippen LogP contribution in [0.25, 0.3) is 0 Å². The number of piperidine rings is 1. The zero-order valence-electron chi connectivity index (χ0n) is 19.5. The molecule has 0 N–H and O–H groups in total. The highest BCUT2D eigenvalue weighted by molar-refractivity contribution is 5.95. The molecule has 7 nitrogen and oxygen atoms in total. The molecule has 2 fully saturated rings. The first-order chi connectivity index (χ1) is 16.1. The van der Waals surface area contributed by atoms with Gasteiger partial charge in [0.1, 0.15) is 11.6 Å². The molecule has 4 heterocycles. The minimum absolute atomic E-state index is 0.0332. The van der Waals surface area contributed by atoms with E-state index in [0.717, 1.165) is 55.3 Å². The van der Waals surface area contributed by atoms with Crippen LogP contribution in [-0.2, 0) is 11.2 Å². The molecule has 1 saturated carbocycles. The van der Waals surface area contributed by atoms with Crippen molar-refractivity contribution in [2.24, 2.45) is 5.92 Å². The number of aryl methyl sites for hydroxylation is 1. The molecular formula is C26H33N5O2. The number of anilines is 1. The van der Waals surface area contributed by atoms with E-state index < -0.39 is 0 Å². The van der Waals surface area contributed by atoms with Crippen LogP contribution in [0.2, 0.25) is 0 Å². The van der Waals surface area contributed by atoms with Gasteiger partial charge >= 0.3 is 0 Å². The Hall–Kier alpha value is -2.83. The van der Waals surface area contributed by atoms with Crippen LogP contribution in [0.5, 0.6) is 0 Å². The summed E-state index contributed by atoms with van der Waals surface area (Å²) in [5.74, 6) is 2.48. The molecule has 0 unspecified atom stereocenters. The first kappa shape index (κ1) is 22.0. The maximum atomic E-state index is 13.0. The summed E-state index contributed by atoms with van der Waals surface area (Å²) in [5, 5.41) is 0. The summed E-state index contributed by atoms with van der Waals surface area (Å²) in [7, 11) is 0. The minimum Gasteiger partial charge on any atom is -0.338 e. The lowest BCUT2D eigenvalue weighted by molar-refractivity contribution is -0.119. The Balaban J connectivity index is 1.39. The third-order valence-corrected chi connectivity index (χ3v) is 7.52. The largest absolute Gasteiger partial charge is 0.338 e. The number of hydrogen-bond acceptors (Lipinski definition) is 5. The Morgan fingerprint density at radius 2 is 1.82 bits per heavy atom. The van der Waals surface area contributed by atoms with Crippen LogP contribution in [0.15, 0.2) is 24.5 Å². The number of aromatic nitrogens is 3. The van der Waals surface area contributed by atoms with E-state index in [9.17, 15) is 9.59 Å². The lowest BCUT2D eigenvalue weighted by Gasteiger charge is -2.35. The van der Waals surface area contributed by atoms with Gasteiger partial charge in [-0.2, -0.15) is 0 Å². The molecule has 174 valence electrons. The van der Waals surface area contributed by atoms with E-state index in [-0.39, 0.29) is 17.7 Å². The monoisotopic (exact) mass is 447 g/mol. The number of fused-ring (bicyclic) bond motifs is 1. The molecule has 3 aliphatic rings. The highest BCUT2D eigenvalue weighted by atomic mass is 16.2. The molecule has 1 aliphatic carbocycles. The smallest absolute Gasteiger partial charge is 0.253 e. The van der Waals surface area contributed by atoms with E-state index in [1.807, 2.05) is 16.7 Å². The Morgan fingerprint density at radius 1 is 1.03 bits per heavy atom. The summed E-state index contributed by atoms with van der Waals surface area (Å²) in [4.78, 5) is 43.7. The highest BCUT2D eigenvalue weighted by Crippen LogP contribution is 2.34. The van der Waals surface area contributed by atoms with Gasteiger partial charge in [0.25, 0.3) is 5.91 Å². The minimum atomic E-state index is 0.0332. The van der Waals surface area contributed by atoms with E-state index in [4.69, 9.17) is 9.97 Å². The molecule has 2 aromatic rings. The first-order valence-corrected chi connectivity index (χ1v) is 12.5. The molecule has 33 heavy (non-hydrogen) atoms. The van der Waals surface area contributed by atoms with Crippen molar-refractivity contribution in [1.29, 1.82) is 0 Å². The standard InChI is InChI=1S/C26H33N5O2/c1-18-22-9-10-23(32)31(16-19-6-3-2-4-7-19)25(22)29-24(28-18)21-8-5-15-30(17-21)26(33)20-11-13-27-14-12-20/h11-14,19,21H,2-10,15-17H2,1H3/t21-/m0/s1. The second kappa shape index (κ2) is 9.57. The average molecular weight is 448 g/mol. The number of hydrogen-bond donors (Lipinski definition) is 0. The fourth-order valence-corrected chi connectivity index (χ4v) is 5.65. The molecule has 0 spiro atoms. The van der Waals surface area contributed by atoms with E-state index >= 15 is 0 Å². The Morgan fingerprint density at radius 3 is 2.61 bits per heavy atom. The quantitative estimate of drug-likeness (QED) is 0.706. The number of rotatable bonds is 4. The molecule has 0 radical (unpaired) electrons. The van der Waals surface area contributed by atoms with Crippen molar-refractivity contribution in [1.82, 2.24) is 19.9 Å². The average Bonchev–Trinajstić information content (AvgIpc) is 2.86. The maximum absolute atomic E-state index is 13.0. The predicted molar refractivity (Wildman–Crippen MR) is 126 cm³/mol. The maximum Gasteiger partial charge on any atom is 0.253 e. The van der Waals surface area contributed by atoms with Crippen LogP contribution < -0.4 is 4.90 Å². The van der Waals surface area contributed by atoms with Gasteiger partial charge < -0.3 is 4.90 Å². The highest BCUT2D eigenvalue weighted by Gasteiger charge is 2.33. The zero-order valence-corrected chi connectivity index (χ0v) is 19.5. The van der Waals surface area contributed by atoms with Crippen molar-refractivity contribution in [2.75, 3.05) is 24.5 Å². The molecule has 2 aromatic heterocycles. The second-order valence-electron chi connectivity index (χ2n) is 9.80. The second-order valence-corrected chi connectivity index (χ2v) is 9.80. The lowest BCUT2D eigenvalue weighted by Crippen LogP contribution is -2.42. The van der Waals surface area contributed by atoms with E-state index in [1.165, 1.54) is 32.1 Å². The molecule has 1 saturated heterocycles. The van der Waals surface area contributed by atoms with Crippen LogP contribution in [-0.4, -0.2) is 51.3 Å². The van der Waals surface area contributed by atoms with Crippen molar-refractivity contribution in [3.63, 3.8) is 0 Å². The Bertz CT molecular complexity index is 1020. The molecule has 1 atom stereocenters. The van der Waals surface area contributed by atoms with Gasteiger partial charge in [-0.1, -0.05) is 19.3 Å². The fourth-order valence-electron chi connectivity index (χ4n) is 5.65. The molecule has 7 heteroatoms. The fraction of sp³-hybridized carbons (Fsp3) is 0.577. The van der Waals surface area contributed by atoms with Crippen LogP contribution in [0.1, 0.15) is 84.7 Å². The van der Waals surface area contributed by atoms with Gasteiger partial charge in [-0.15, -0.1) is 0 Å². The zero-order chi connectivity index (χ0) is 22.8. The number of pyridine rings is 1. The van der Waals surface area contributed by atoms with Crippen LogP contribution in [0.4, 0.5) is 5.82 Å². The van der Waals surface area contributed by atoms with Gasteiger partial charge in [-0.3, -0.25) is 19.5 Å². The van der Waals surface area contributed by atoms with Crippen molar-refractivity contribution in [3.8, 4) is 0 Å². The summed E-state index contributed by atoms with van der Waals surface area (Å²) < 4.78 is 0. The third-order valence-electron chi connectivity index (χ3n) is 7.52. The van der Waals surface area contributed by atoms with Gasteiger partial charge in [0.05, 0.1) is 0 Å². The van der Waals surface area contributed by atoms with Crippen molar-refractivity contribution in [2.45, 2.75) is 70.6 Å². The molecule has 0 aromatic carbocycles. The van der Waals surface area contributed by atoms with E-state index in [0.29, 0.717) is 24.4 Å². The first-order valence-electron chi connectivity index (χ1n) is 12.5. The SMILES string of the molecule is Cc1nc([C@H]2CCCN(C(=O)c3ccncc3)C2)nc2c1CCC(=O)N2CC1CCCCC1. The van der Waals surface area contributed by atoms with E-state index in [1.54, 1.807) is 24.5 Å². The Labute approximate surface area is 195 Å². The van der Waals surface area contributed by atoms with E-state index in [2.05, 4.69) is 4.98 Å². The summed E-state index contributed by atoms with van der Waals surface area (Å²) in [6.45, 7) is 4.17. The number of likely N-dealkylation sites (tertiary alicyclic amines) is 1. The molecule has 2 aliphatic heterocycles. The van der Waals surface area contributed by atoms with Gasteiger partial charge in [0, 0.05) is 61.2 Å². The van der Waals surface area contributed by atoms with Crippen molar-refractivity contribution < 1.29 is 9.59 Å². The van der Waals surface area contributed by atoms with Gasteiger partial charge in [0.15, 0.2) is 0 Å². The predicted octanol–water partition coefficient (Wildman–Crippen LogP) is 4.06. The molecular weight excluding hydrogens is 414 g/mol. The number of carbonyl (C=O) groups is 2. The lowest BCUT2D eigenvalue weighted by atomic mass is 9.88. The van der Waals surface area contributed by atoms with Crippen LogP contribution >= 0.6 is 0 Å². The normalized spacial score (nSPS) is 21.7. The van der Waals surface area contributed by atoms with Gasteiger partial charge in [-0.05, 0) is 57.1 Å². The van der Waals surface area contributed by atoms with Crippen LogP contribution in [0.3, 0.4) is 0 Å². The summed E-state index contributed by atoms with van der Waals surface area (Å²) in [5.41, 5.74) is 2.76. The molecule has 2 amide bonds. The van der Waals surface area contributed by atoms with Crippen LogP contribution in [0, 0.1) is 12.8 Å². The summed E-state index contributed by atoms with van der Waals surface area (Å²) >= 11 is 0. The number of amides is 2. The summed E-state index contributed by atoms with van der Waals surface area (Å²) in [6.07, 6.45) is 12.7. The number of carbonyl (C=O) groups excluding carboxylic acids is 2. The summed E-state index contributed by atoms with van der Waals surface area (Å²) in [6, 6.07) is 3.53. The van der Waals surface area contributed by atoms with Crippen molar-refractivity contribution in [3.05, 3.63) is 47.2 Å². The van der Waals surface area contributed by atoms with Crippen molar-refractivity contribution >= 4 is 17.6 Å². The van der Waals surface area contributed by atoms with Gasteiger partial charge in [-0.25, -0.2) is 9.97 Å². The van der Waals surface area contributed by atoms with Gasteiger partial charge in [0.2, 0.25) is 5.91 Å². The molecule has 0 bridgehead atoms. The topological polar surface area (TPSA) is 79.3 Å². The number of nitrogens with zero attached hydrogens (tertiary/aromatic N) is 5. The Kier molecular flexibility index (Phi) is 6.38. The third kappa shape index (κ3) is 4.63.